The standard InChI is InChI=1S/C20H21N3O5S/c24-16(12-23(20(27)28)11-10-13-4-2-1-3-5-13)14-6-8-15(9-7-14)21-18-17(25)22-19(26)29-18/h1-9,16,18,21,24H,10-12H2,(H,27,28)(H,22,25,26)/t16-,18?/m0/s1. The smallest absolute Gasteiger partial charge is 0.407 e. The zero-order valence-electron chi connectivity index (χ0n) is 15.4. The van der Waals surface area contributed by atoms with Gasteiger partial charge in [-0.05, 0) is 41.4 Å². The number of hydrogen-bond donors (Lipinski definition) is 4. The molecule has 0 bridgehead atoms. The van der Waals surface area contributed by atoms with Crippen molar-refractivity contribution in [3.05, 3.63) is 65.7 Å². The number of aliphatic hydroxyl groups is 1. The van der Waals surface area contributed by atoms with Gasteiger partial charge in [-0.15, -0.1) is 0 Å². The van der Waals surface area contributed by atoms with E-state index >= 15 is 0 Å². The Morgan fingerprint density at radius 1 is 1.14 bits per heavy atom. The number of imide groups is 1. The molecule has 9 heteroatoms. The van der Waals surface area contributed by atoms with E-state index in [2.05, 4.69) is 10.6 Å². The Kier molecular flexibility index (Phi) is 6.73. The highest BCUT2D eigenvalue weighted by Gasteiger charge is 2.31. The molecule has 1 aliphatic heterocycles. The minimum atomic E-state index is -1.09. The maximum absolute atomic E-state index is 11.6. The molecule has 1 aliphatic rings. The van der Waals surface area contributed by atoms with Crippen molar-refractivity contribution in [2.45, 2.75) is 17.9 Å². The topological polar surface area (TPSA) is 119 Å². The number of nitrogens with zero attached hydrogens (tertiary/aromatic N) is 1. The van der Waals surface area contributed by atoms with Gasteiger partial charge >= 0.3 is 6.09 Å². The van der Waals surface area contributed by atoms with Crippen molar-refractivity contribution in [2.75, 3.05) is 18.4 Å². The normalized spacial score (nSPS) is 16.9. The number of carbonyl (C=O) groups is 3. The Labute approximate surface area is 171 Å². The number of amides is 3. The number of rotatable bonds is 8. The fourth-order valence-electron chi connectivity index (χ4n) is 2.89. The third-order valence-electron chi connectivity index (χ3n) is 4.46. The second kappa shape index (κ2) is 9.44. The third-order valence-corrected chi connectivity index (χ3v) is 5.34. The van der Waals surface area contributed by atoms with Gasteiger partial charge < -0.3 is 20.4 Å². The molecule has 3 rings (SSSR count). The zero-order valence-corrected chi connectivity index (χ0v) is 16.3. The van der Waals surface area contributed by atoms with Crippen LogP contribution in [0.1, 0.15) is 17.2 Å². The SMILES string of the molecule is O=C1NC(=O)C(Nc2ccc([C@@H](O)CN(CCc3ccccc3)C(=O)O)cc2)S1. The van der Waals surface area contributed by atoms with Gasteiger partial charge in [-0.1, -0.05) is 42.5 Å². The molecular formula is C20H21N3O5S. The second-order valence-corrected chi connectivity index (χ2v) is 7.60. The lowest BCUT2D eigenvalue weighted by Gasteiger charge is -2.23. The Hall–Kier alpha value is -3.04. The van der Waals surface area contributed by atoms with Gasteiger partial charge in [-0.25, -0.2) is 4.79 Å². The molecule has 0 radical (unpaired) electrons. The Balaban J connectivity index is 1.56. The molecule has 0 aromatic heterocycles. The highest BCUT2D eigenvalue weighted by molar-refractivity contribution is 8.15. The van der Waals surface area contributed by atoms with E-state index in [1.54, 1.807) is 24.3 Å². The first-order valence-corrected chi connectivity index (χ1v) is 9.88. The molecule has 2 atom stereocenters. The first kappa shape index (κ1) is 20.7. The van der Waals surface area contributed by atoms with Gasteiger partial charge in [0.1, 0.15) is 0 Å². The van der Waals surface area contributed by atoms with Crippen LogP contribution in [0.25, 0.3) is 0 Å². The Morgan fingerprint density at radius 3 is 2.41 bits per heavy atom. The van der Waals surface area contributed by atoms with Crippen LogP contribution in [0.2, 0.25) is 0 Å². The van der Waals surface area contributed by atoms with E-state index in [1.807, 2.05) is 30.3 Å². The predicted molar refractivity (Wildman–Crippen MR) is 110 cm³/mol. The van der Waals surface area contributed by atoms with Gasteiger partial charge in [0.15, 0.2) is 5.37 Å². The van der Waals surface area contributed by atoms with Gasteiger partial charge in [0.2, 0.25) is 0 Å². The van der Waals surface area contributed by atoms with Crippen molar-refractivity contribution >= 4 is 34.7 Å². The predicted octanol–water partition coefficient (Wildman–Crippen LogP) is 2.66. The van der Waals surface area contributed by atoms with Crippen LogP contribution in [-0.4, -0.2) is 50.8 Å². The number of carboxylic acid groups (broad SMARTS) is 1. The van der Waals surface area contributed by atoms with Crippen molar-refractivity contribution < 1.29 is 24.6 Å². The van der Waals surface area contributed by atoms with Crippen molar-refractivity contribution in [2.24, 2.45) is 0 Å². The average molecular weight is 415 g/mol. The lowest BCUT2D eigenvalue weighted by Crippen LogP contribution is -2.35. The van der Waals surface area contributed by atoms with E-state index in [0.29, 0.717) is 17.7 Å². The van der Waals surface area contributed by atoms with Crippen LogP contribution in [0.5, 0.6) is 0 Å². The summed E-state index contributed by atoms with van der Waals surface area (Å²) >= 11 is 0.862. The average Bonchev–Trinajstić information content (AvgIpc) is 3.02. The number of thioether (sulfide) groups is 1. The number of carbonyl (C=O) groups excluding carboxylic acids is 2. The summed E-state index contributed by atoms with van der Waals surface area (Å²) < 4.78 is 0. The van der Waals surface area contributed by atoms with Crippen LogP contribution in [0.3, 0.4) is 0 Å². The number of nitrogens with one attached hydrogen (secondary N) is 2. The van der Waals surface area contributed by atoms with Gasteiger partial charge in [0, 0.05) is 12.2 Å². The minimum Gasteiger partial charge on any atom is -0.465 e. The number of anilines is 1. The summed E-state index contributed by atoms with van der Waals surface area (Å²) in [6, 6.07) is 16.2. The molecule has 29 heavy (non-hydrogen) atoms. The van der Waals surface area contributed by atoms with Crippen LogP contribution in [0.4, 0.5) is 15.3 Å². The summed E-state index contributed by atoms with van der Waals surface area (Å²) in [6.45, 7) is 0.225. The van der Waals surface area contributed by atoms with Crippen LogP contribution >= 0.6 is 11.8 Å². The number of aliphatic hydroxyl groups excluding tert-OH is 1. The molecule has 3 amide bonds. The van der Waals surface area contributed by atoms with Crippen molar-refractivity contribution in [1.29, 1.82) is 0 Å². The minimum absolute atomic E-state index is 0.0513. The van der Waals surface area contributed by atoms with Crippen LogP contribution in [0.15, 0.2) is 54.6 Å². The van der Waals surface area contributed by atoms with E-state index < -0.39 is 28.7 Å². The summed E-state index contributed by atoms with van der Waals surface area (Å²) in [5, 5.41) is 23.9. The van der Waals surface area contributed by atoms with Gasteiger partial charge in [0.05, 0.1) is 12.6 Å². The van der Waals surface area contributed by atoms with E-state index in [9.17, 15) is 24.6 Å². The monoisotopic (exact) mass is 415 g/mol. The van der Waals surface area contributed by atoms with Crippen LogP contribution < -0.4 is 10.6 Å². The lowest BCUT2D eigenvalue weighted by molar-refractivity contribution is -0.118. The van der Waals surface area contributed by atoms with Gasteiger partial charge in [-0.2, -0.15) is 0 Å². The van der Waals surface area contributed by atoms with E-state index in [-0.39, 0.29) is 13.1 Å². The molecule has 1 unspecified atom stereocenters. The van der Waals surface area contributed by atoms with Crippen LogP contribution in [0, 0.1) is 0 Å². The largest absolute Gasteiger partial charge is 0.465 e. The van der Waals surface area contributed by atoms with Crippen molar-refractivity contribution in [1.82, 2.24) is 10.2 Å². The summed E-state index contributed by atoms with van der Waals surface area (Å²) in [5.41, 5.74) is 2.19. The molecule has 2 aromatic rings. The lowest BCUT2D eigenvalue weighted by atomic mass is 10.1. The molecule has 1 heterocycles. The maximum Gasteiger partial charge on any atom is 0.407 e. The molecule has 1 fully saturated rings. The fraction of sp³-hybridized carbons (Fsp3) is 0.250. The molecule has 0 aliphatic carbocycles. The molecule has 152 valence electrons. The first-order valence-electron chi connectivity index (χ1n) is 9.00. The number of hydrogen-bond acceptors (Lipinski definition) is 6. The van der Waals surface area contributed by atoms with Gasteiger partial charge in [-0.3, -0.25) is 14.9 Å². The van der Waals surface area contributed by atoms with E-state index in [0.717, 1.165) is 17.3 Å². The molecule has 8 nitrogen and oxygen atoms in total. The molecule has 0 saturated carbocycles. The quantitative estimate of drug-likeness (QED) is 0.523. The second-order valence-electron chi connectivity index (χ2n) is 6.52. The summed E-state index contributed by atoms with van der Waals surface area (Å²) in [4.78, 5) is 35.5. The van der Waals surface area contributed by atoms with Crippen LogP contribution in [-0.2, 0) is 11.2 Å². The first-order chi connectivity index (χ1) is 13.9. The summed E-state index contributed by atoms with van der Waals surface area (Å²) in [5.74, 6) is -0.403. The highest BCUT2D eigenvalue weighted by atomic mass is 32.2. The highest BCUT2D eigenvalue weighted by Crippen LogP contribution is 2.23. The maximum atomic E-state index is 11.6. The molecule has 1 saturated heterocycles. The van der Waals surface area contributed by atoms with E-state index in [4.69, 9.17) is 0 Å². The summed E-state index contributed by atoms with van der Waals surface area (Å²) in [6.07, 6.45) is -1.52. The van der Waals surface area contributed by atoms with E-state index in [1.165, 1.54) is 4.90 Å². The third kappa shape index (κ3) is 5.72. The Morgan fingerprint density at radius 2 is 1.83 bits per heavy atom. The molecule has 0 spiro atoms. The van der Waals surface area contributed by atoms with Crippen molar-refractivity contribution in [3.8, 4) is 0 Å². The molecular weight excluding hydrogens is 394 g/mol. The fourth-order valence-corrected chi connectivity index (χ4v) is 3.63. The van der Waals surface area contributed by atoms with Gasteiger partial charge in [0.25, 0.3) is 11.1 Å². The summed E-state index contributed by atoms with van der Waals surface area (Å²) in [7, 11) is 0. The number of benzene rings is 2. The Bertz CT molecular complexity index is 875. The molecule has 2 aromatic carbocycles. The molecule has 4 N–H and O–H groups in total. The van der Waals surface area contributed by atoms with Crippen molar-refractivity contribution in [3.63, 3.8) is 0 Å². The zero-order chi connectivity index (χ0) is 20.8.